The van der Waals surface area contributed by atoms with Crippen LogP contribution in [0.3, 0.4) is 0 Å². The number of ketones is 1. The number of hydrogen-bond donors (Lipinski definition) is 0. The van der Waals surface area contributed by atoms with Gasteiger partial charge in [-0.15, -0.1) is 0 Å². The maximum atomic E-state index is 11.5. The van der Waals surface area contributed by atoms with Gasteiger partial charge >= 0.3 is 0 Å². The lowest BCUT2D eigenvalue weighted by molar-refractivity contribution is 0.101. The third-order valence-corrected chi connectivity index (χ3v) is 3.46. The molecule has 0 atom stereocenters. The SMILES string of the molecule is CC(=O)c1ccc(C)cc1OCC1(CC#N)CC1. The van der Waals surface area contributed by atoms with Gasteiger partial charge in [-0.2, -0.15) is 5.26 Å². The Hall–Kier alpha value is -1.82. The molecule has 0 heterocycles. The van der Waals surface area contributed by atoms with E-state index in [0.717, 1.165) is 18.4 Å². The minimum atomic E-state index is 0.00938. The summed E-state index contributed by atoms with van der Waals surface area (Å²) in [5, 5.41) is 8.77. The zero-order valence-electron chi connectivity index (χ0n) is 10.8. The number of ether oxygens (including phenoxy) is 1. The molecule has 0 bridgehead atoms. The third kappa shape index (κ3) is 2.70. The van der Waals surface area contributed by atoms with Crippen LogP contribution in [0.5, 0.6) is 5.75 Å². The molecule has 0 spiro atoms. The zero-order chi connectivity index (χ0) is 13.2. The summed E-state index contributed by atoms with van der Waals surface area (Å²) in [6.07, 6.45) is 2.62. The van der Waals surface area contributed by atoms with E-state index in [1.165, 1.54) is 0 Å². The number of hydrogen-bond acceptors (Lipinski definition) is 3. The van der Waals surface area contributed by atoms with Crippen LogP contribution >= 0.6 is 0 Å². The van der Waals surface area contributed by atoms with Crippen molar-refractivity contribution in [3.05, 3.63) is 29.3 Å². The van der Waals surface area contributed by atoms with Crippen molar-refractivity contribution in [1.29, 1.82) is 5.26 Å². The molecule has 0 unspecified atom stereocenters. The average molecular weight is 243 g/mol. The second kappa shape index (κ2) is 4.81. The summed E-state index contributed by atoms with van der Waals surface area (Å²) in [7, 11) is 0. The number of benzene rings is 1. The fourth-order valence-electron chi connectivity index (χ4n) is 1.99. The molecule has 0 amide bonds. The van der Waals surface area contributed by atoms with Gasteiger partial charge in [-0.3, -0.25) is 4.79 Å². The molecule has 0 aliphatic heterocycles. The van der Waals surface area contributed by atoms with Crippen molar-refractivity contribution in [3.63, 3.8) is 0 Å². The van der Waals surface area contributed by atoms with E-state index in [0.29, 0.717) is 24.3 Å². The first-order valence-corrected chi connectivity index (χ1v) is 6.18. The number of rotatable bonds is 5. The van der Waals surface area contributed by atoms with E-state index < -0.39 is 0 Å². The van der Waals surface area contributed by atoms with E-state index in [4.69, 9.17) is 10.00 Å². The van der Waals surface area contributed by atoms with Gasteiger partial charge in [0.2, 0.25) is 0 Å². The Morgan fingerprint density at radius 1 is 1.50 bits per heavy atom. The van der Waals surface area contributed by atoms with Gasteiger partial charge in [0.05, 0.1) is 18.2 Å². The van der Waals surface area contributed by atoms with Gasteiger partial charge < -0.3 is 4.74 Å². The fraction of sp³-hybridized carbons (Fsp3) is 0.467. The number of carbonyl (C=O) groups excluding carboxylic acids is 1. The van der Waals surface area contributed by atoms with Crippen LogP contribution in [0.2, 0.25) is 0 Å². The smallest absolute Gasteiger partial charge is 0.163 e. The Balaban J connectivity index is 2.11. The molecule has 1 aromatic carbocycles. The van der Waals surface area contributed by atoms with Crippen LogP contribution in [0.15, 0.2) is 18.2 Å². The van der Waals surface area contributed by atoms with Crippen molar-refractivity contribution in [2.45, 2.75) is 33.1 Å². The van der Waals surface area contributed by atoms with Gasteiger partial charge in [-0.25, -0.2) is 0 Å². The van der Waals surface area contributed by atoms with Gasteiger partial charge in [0.1, 0.15) is 5.75 Å². The summed E-state index contributed by atoms with van der Waals surface area (Å²) in [4.78, 5) is 11.5. The molecular weight excluding hydrogens is 226 g/mol. The van der Waals surface area contributed by atoms with Gasteiger partial charge in [-0.05, 0) is 44.4 Å². The second-order valence-corrected chi connectivity index (χ2v) is 5.18. The van der Waals surface area contributed by atoms with Crippen molar-refractivity contribution < 1.29 is 9.53 Å². The summed E-state index contributed by atoms with van der Waals surface area (Å²) in [5.74, 6) is 0.654. The predicted octanol–water partition coefficient (Wildman–Crippen LogP) is 3.27. The van der Waals surface area contributed by atoms with Crippen molar-refractivity contribution in [2.24, 2.45) is 5.41 Å². The van der Waals surface area contributed by atoms with Crippen LogP contribution in [0.1, 0.15) is 42.1 Å². The number of nitrogens with zero attached hydrogens (tertiary/aromatic N) is 1. The van der Waals surface area contributed by atoms with Crippen molar-refractivity contribution >= 4 is 5.78 Å². The Morgan fingerprint density at radius 2 is 2.22 bits per heavy atom. The summed E-state index contributed by atoms with van der Waals surface area (Å²) < 4.78 is 5.79. The number of Topliss-reactive ketones (excluding diaryl/α,β-unsaturated/α-hetero) is 1. The second-order valence-electron chi connectivity index (χ2n) is 5.18. The molecule has 1 fully saturated rings. The lowest BCUT2D eigenvalue weighted by atomic mass is 10.0. The normalized spacial score (nSPS) is 15.8. The maximum absolute atomic E-state index is 11.5. The van der Waals surface area contributed by atoms with E-state index in [-0.39, 0.29) is 11.2 Å². The van der Waals surface area contributed by atoms with Crippen LogP contribution in [0, 0.1) is 23.7 Å². The number of carbonyl (C=O) groups is 1. The predicted molar refractivity (Wildman–Crippen MR) is 68.6 cm³/mol. The molecule has 1 aliphatic rings. The van der Waals surface area contributed by atoms with E-state index >= 15 is 0 Å². The maximum Gasteiger partial charge on any atom is 0.163 e. The van der Waals surface area contributed by atoms with Gasteiger partial charge in [-0.1, -0.05) is 6.07 Å². The summed E-state index contributed by atoms with van der Waals surface area (Å²) in [6.45, 7) is 4.04. The molecule has 1 aromatic rings. The van der Waals surface area contributed by atoms with Crippen LogP contribution < -0.4 is 4.74 Å². The molecule has 18 heavy (non-hydrogen) atoms. The van der Waals surface area contributed by atoms with Crippen LogP contribution in [-0.4, -0.2) is 12.4 Å². The van der Waals surface area contributed by atoms with Gasteiger partial charge in [0, 0.05) is 11.8 Å². The third-order valence-electron chi connectivity index (χ3n) is 3.46. The van der Waals surface area contributed by atoms with E-state index in [1.807, 2.05) is 19.1 Å². The zero-order valence-corrected chi connectivity index (χ0v) is 10.8. The summed E-state index contributed by atoms with van der Waals surface area (Å²) in [6, 6.07) is 7.81. The highest BCUT2D eigenvalue weighted by Crippen LogP contribution is 2.48. The number of nitriles is 1. The Bertz CT molecular complexity index is 510. The molecule has 0 saturated heterocycles. The first-order chi connectivity index (χ1) is 8.56. The highest BCUT2D eigenvalue weighted by molar-refractivity contribution is 5.96. The lowest BCUT2D eigenvalue weighted by Crippen LogP contribution is -2.14. The van der Waals surface area contributed by atoms with Gasteiger partial charge in [0.15, 0.2) is 5.78 Å². The molecule has 2 rings (SSSR count). The van der Waals surface area contributed by atoms with Crippen LogP contribution in [-0.2, 0) is 0 Å². The van der Waals surface area contributed by atoms with Crippen molar-refractivity contribution in [1.82, 2.24) is 0 Å². The quantitative estimate of drug-likeness (QED) is 0.746. The minimum absolute atomic E-state index is 0.00938. The Labute approximate surface area is 107 Å². The Kier molecular flexibility index (Phi) is 3.38. The summed E-state index contributed by atoms with van der Waals surface area (Å²) >= 11 is 0. The summed E-state index contributed by atoms with van der Waals surface area (Å²) in [5.41, 5.74) is 1.72. The molecule has 3 heteroatoms. The molecule has 94 valence electrons. The first kappa shape index (κ1) is 12.6. The Morgan fingerprint density at radius 3 is 2.78 bits per heavy atom. The fourth-order valence-corrected chi connectivity index (χ4v) is 1.99. The highest BCUT2D eigenvalue weighted by Gasteiger charge is 2.43. The van der Waals surface area contributed by atoms with Crippen LogP contribution in [0.4, 0.5) is 0 Å². The van der Waals surface area contributed by atoms with Crippen molar-refractivity contribution in [2.75, 3.05) is 6.61 Å². The minimum Gasteiger partial charge on any atom is -0.492 e. The molecular formula is C15H17NO2. The first-order valence-electron chi connectivity index (χ1n) is 6.18. The van der Waals surface area contributed by atoms with Crippen molar-refractivity contribution in [3.8, 4) is 11.8 Å². The van der Waals surface area contributed by atoms with Gasteiger partial charge in [0.25, 0.3) is 0 Å². The molecule has 0 radical (unpaired) electrons. The number of aryl methyl sites for hydroxylation is 1. The van der Waals surface area contributed by atoms with E-state index in [1.54, 1.807) is 13.0 Å². The van der Waals surface area contributed by atoms with Crippen LogP contribution in [0.25, 0.3) is 0 Å². The lowest BCUT2D eigenvalue weighted by Gasteiger charge is -2.15. The standard InChI is InChI=1S/C15H17NO2/c1-11-3-4-13(12(2)17)14(9-11)18-10-15(5-6-15)7-8-16/h3-4,9H,5-7,10H2,1-2H3. The monoisotopic (exact) mass is 243 g/mol. The van der Waals surface area contributed by atoms with E-state index in [2.05, 4.69) is 6.07 Å². The molecule has 1 aliphatic carbocycles. The topological polar surface area (TPSA) is 50.1 Å². The average Bonchev–Trinajstić information content (AvgIpc) is 3.07. The molecule has 0 aromatic heterocycles. The van der Waals surface area contributed by atoms with E-state index in [9.17, 15) is 4.79 Å². The molecule has 3 nitrogen and oxygen atoms in total. The largest absolute Gasteiger partial charge is 0.492 e. The molecule has 0 N–H and O–H groups in total. The highest BCUT2D eigenvalue weighted by atomic mass is 16.5. The molecule has 1 saturated carbocycles.